The predicted octanol–water partition coefficient (Wildman–Crippen LogP) is 4.51. The topological polar surface area (TPSA) is 86.4 Å². The number of fused-ring (bicyclic) bond motifs is 1. The Bertz CT molecular complexity index is 1240. The molecule has 0 saturated carbocycles. The summed E-state index contributed by atoms with van der Waals surface area (Å²) in [5, 5.41) is 0.333. The van der Waals surface area contributed by atoms with Crippen molar-refractivity contribution in [1.82, 2.24) is 14.9 Å². The second-order valence-corrected chi connectivity index (χ2v) is 10.8. The fourth-order valence-corrected chi connectivity index (χ4v) is 6.57. The van der Waals surface area contributed by atoms with Crippen LogP contribution < -0.4 is 4.31 Å². The maximum Gasteiger partial charge on any atom is 0.254 e. The third-order valence-corrected chi connectivity index (χ3v) is 8.47. The maximum atomic E-state index is 13.6. The van der Waals surface area contributed by atoms with Gasteiger partial charge in [0.25, 0.3) is 5.91 Å². The van der Waals surface area contributed by atoms with E-state index in [9.17, 15) is 13.2 Å². The molecule has 2 saturated heterocycles. The molecule has 1 amide bonds. The van der Waals surface area contributed by atoms with Crippen LogP contribution in [-0.2, 0) is 10.0 Å². The molecule has 32 heavy (non-hydrogen) atoms. The number of halogens is 1. The van der Waals surface area contributed by atoms with Gasteiger partial charge in [-0.25, -0.2) is 13.4 Å². The number of hydrogen-bond donors (Lipinski definition) is 1. The molecule has 1 N–H and O–H groups in total. The van der Waals surface area contributed by atoms with Gasteiger partial charge in [0.05, 0.1) is 33.5 Å². The zero-order valence-electron chi connectivity index (χ0n) is 17.6. The number of benzene rings is 2. The Morgan fingerprint density at radius 1 is 1.06 bits per heavy atom. The highest BCUT2D eigenvalue weighted by molar-refractivity contribution is 7.92. The molecule has 168 valence electrons. The highest BCUT2D eigenvalue weighted by Gasteiger charge is 2.32. The summed E-state index contributed by atoms with van der Waals surface area (Å²) in [5.41, 5.74) is 2.65. The second kappa shape index (κ2) is 8.41. The molecule has 1 aromatic heterocycles. The number of para-hydroxylation sites is 2. The molecule has 0 unspecified atom stereocenters. The number of H-pyrrole nitrogens is 1. The molecule has 0 radical (unpaired) electrons. The van der Waals surface area contributed by atoms with Gasteiger partial charge >= 0.3 is 0 Å². The van der Waals surface area contributed by atoms with Gasteiger partial charge in [0.15, 0.2) is 0 Å². The Balaban J connectivity index is 1.48. The number of carbonyl (C=O) groups excluding carboxylic acids is 1. The van der Waals surface area contributed by atoms with Gasteiger partial charge in [-0.05, 0) is 62.4 Å². The van der Waals surface area contributed by atoms with Crippen LogP contribution in [0.4, 0.5) is 5.69 Å². The number of imidazole rings is 1. The molecule has 0 aliphatic carbocycles. The highest BCUT2D eigenvalue weighted by Crippen LogP contribution is 2.35. The van der Waals surface area contributed by atoms with Crippen molar-refractivity contribution < 1.29 is 13.2 Å². The van der Waals surface area contributed by atoms with Gasteiger partial charge < -0.3 is 9.88 Å². The number of rotatable bonds is 3. The average molecular weight is 473 g/mol. The van der Waals surface area contributed by atoms with E-state index in [2.05, 4.69) is 4.98 Å². The maximum absolute atomic E-state index is 13.6. The predicted molar refractivity (Wildman–Crippen MR) is 126 cm³/mol. The summed E-state index contributed by atoms with van der Waals surface area (Å²) in [6.07, 6.45) is 4.18. The van der Waals surface area contributed by atoms with Crippen LogP contribution in [-0.4, -0.2) is 48.0 Å². The molecule has 1 atom stereocenters. The van der Waals surface area contributed by atoms with Crippen molar-refractivity contribution in [2.45, 2.75) is 38.1 Å². The first-order chi connectivity index (χ1) is 15.4. The van der Waals surface area contributed by atoms with Gasteiger partial charge in [0, 0.05) is 18.7 Å². The van der Waals surface area contributed by atoms with Gasteiger partial charge in [0.2, 0.25) is 10.0 Å². The van der Waals surface area contributed by atoms with Crippen LogP contribution in [0, 0.1) is 0 Å². The van der Waals surface area contributed by atoms with E-state index in [1.807, 2.05) is 29.2 Å². The Morgan fingerprint density at radius 2 is 1.88 bits per heavy atom. The lowest BCUT2D eigenvalue weighted by Gasteiger charge is -2.35. The second-order valence-electron chi connectivity index (χ2n) is 8.41. The van der Waals surface area contributed by atoms with E-state index >= 15 is 0 Å². The number of hydrogen-bond acceptors (Lipinski definition) is 4. The Labute approximate surface area is 192 Å². The normalized spacial score (nSPS) is 21.1. The van der Waals surface area contributed by atoms with Crippen LogP contribution in [0.15, 0.2) is 42.5 Å². The van der Waals surface area contributed by atoms with Gasteiger partial charge in [0.1, 0.15) is 5.82 Å². The quantitative estimate of drug-likeness (QED) is 0.607. The van der Waals surface area contributed by atoms with E-state index in [-0.39, 0.29) is 17.7 Å². The number of nitrogens with zero attached hydrogens (tertiary/aromatic N) is 3. The Morgan fingerprint density at radius 3 is 2.69 bits per heavy atom. The lowest BCUT2D eigenvalue weighted by Crippen LogP contribution is -2.40. The van der Waals surface area contributed by atoms with Crippen molar-refractivity contribution >= 4 is 44.3 Å². The molecule has 9 heteroatoms. The third-order valence-electron chi connectivity index (χ3n) is 6.30. The molecule has 2 aromatic carbocycles. The molecule has 0 bridgehead atoms. The van der Waals surface area contributed by atoms with Crippen LogP contribution in [0.5, 0.6) is 0 Å². The van der Waals surface area contributed by atoms with Crippen molar-refractivity contribution in [2.24, 2.45) is 0 Å². The van der Waals surface area contributed by atoms with E-state index in [1.54, 1.807) is 18.2 Å². The van der Waals surface area contributed by atoms with Gasteiger partial charge in [-0.2, -0.15) is 0 Å². The van der Waals surface area contributed by atoms with Crippen molar-refractivity contribution in [3.63, 3.8) is 0 Å². The molecule has 3 aromatic rings. The minimum Gasteiger partial charge on any atom is -0.340 e. The first-order valence-corrected chi connectivity index (χ1v) is 13.0. The van der Waals surface area contributed by atoms with Crippen molar-refractivity contribution in [2.75, 3.05) is 23.1 Å². The van der Waals surface area contributed by atoms with E-state index in [4.69, 9.17) is 16.6 Å². The summed E-state index contributed by atoms with van der Waals surface area (Å²) < 4.78 is 26.5. The fraction of sp³-hybridized carbons (Fsp3) is 0.391. The standard InChI is InChI=1S/C23H25ClN4O3S/c24-17-11-10-16(15-21(17)28-13-5-6-14-32(28,30)31)23(29)27-12-4-3-9-20(27)22-25-18-7-1-2-8-19(18)26-22/h1-2,7-8,10-11,15,20H,3-6,9,12-14H2,(H,25,26)/t20-/m0/s1. The third kappa shape index (κ3) is 3.86. The smallest absolute Gasteiger partial charge is 0.254 e. The molecule has 3 heterocycles. The van der Waals surface area contributed by atoms with Crippen LogP contribution in [0.25, 0.3) is 11.0 Å². The summed E-state index contributed by atoms with van der Waals surface area (Å²) in [7, 11) is -3.43. The fourth-order valence-electron chi connectivity index (χ4n) is 4.65. The number of amides is 1. The van der Waals surface area contributed by atoms with Gasteiger partial charge in [-0.15, -0.1) is 0 Å². The van der Waals surface area contributed by atoms with E-state index in [0.717, 1.165) is 42.5 Å². The number of aromatic nitrogens is 2. The molecule has 2 fully saturated rings. The SMILES string of the molecule is O=C(c1ccc(Cl)c(N2CCCCS2(=O)=O)c1)N1CCCC[C@H]1c1nc2ccccc2[nH]1. The molecular weight excluding hydrogens is 448 g/mol. The van der Waals surface area contributed by atoms with Crippen LogP contribution in [0.1, 0.15) is 54.3 Å². The van der Waals surface area contributed by atoms with Crippen LogP contribution in [0.2, 0.25) is 5.02 Å². The molecule has 7 nitrogen and oxygen atoms in total. The van der Waals surface area contributed by atoms with Crippen LogP contribution in [0.3, 0.4) is 0 Å². The monoisotopic (exact) mass is 472 g/mol. The zero-order chi connectivity index (χ0) is 22.3. The molecule has 2 aliphatic heterocycles. The number of anilines is 1. The zero-order valence-corrected chi connectivity index (χ0v) is 19.2. The van der Waals surface area contributed by atoms with Gasteiger partial charge in [-0.1, -0.05) is 23.7 Å². The number of likely N-dealkylation sites (tertiary alicyclic amines) is 1. The summed E-state index contributed by atoms with van der Waals surface area (Å²) in [6, 6.07) is 12.6. The number of aromatic amines is 1. The summed E-state index contributed by atoms with van der Waals surface area (Å²) in [4.78, 5) is 23.5. The average Bonchev–Trinajstić information content (AvgIpc) is 3.23. The first-order valence-electron chi connectivity index (χ1n) is 11.0. The van der Waals surface area contributed by atoms with Crippen LogP contribution >= 0.6 is 11.6 Å². The van der Waals surface area contributed by atoms with Gasteiger partial charge in [-0.3, -0.25) is 9.10 Å². The summed E-state index contributed by atoms with van der Waals surface area (Å²) >= 11 is 6.37. The number of carbonyl (C=O) groups is 1. The lowest BCUT2D eigenvalue weighted by molar-refractivity contribution is 0.0601. The number of sulfonamides is 1. The van der Waals surface area contributed by atoms with Crippen molar-refractivity contribution in [3.8, 4) is 0 Å². The molecule has 0 spiro atoms. The van der Waals surface area contributed by atoms with Crippen molar-refractivity contribution in [3.05, 3.63) is 58.9 Å². The first kappa shape index (κ1) is 21.3. The summed E-state index contributed by atoms with van der Waals surface area (Å²) in [5.74, 6) is 0.747. The largest absolute Gasteiger partial charge is 0.340 e. The number of piperidine rings is 1. The van der Waals surface area contributed by atoms with Crippen molar-refractivity contribution in [1.29, 1.82) is 0 Å². The minimum atomic E-state index is -3.43. The number of nitrogens with one attached hydrogen (secondary N) is 1. The molecule has 5 rings (SSSR count). The minimum absolute atomic E-state index is 0.0990. The molecule has 2 aliphatic rings. The van der Waals surface area contributed by atoms with E-state index in [0.29, 0.717) is 35.8 Å². The Kier molecular flexibility index (Phi) is 5.59. The molecular formula is C23H25ClN4O3S. The van der Waals surface area contributed by atoms with E-state index < -0.39 is 10.0 Å². The lowest BCUT2D eigenvalue weighted by atomic mass is 10.00. The Hall–Kier alpha value is -2.58. The summed E-state index contributed by atoms with van der Waals surface area (Å²) in [6.45, 7) is 1.01. The van der Waals surface area contributed by atoms with E-state index in [1.165, 1.54) is 4.31 Å². The highest BCUT2D eigenvalue weighted by atomic mass is 35.5.